The van der Waals surface area contributed by atoms with Gasteiger partial charge >= 0.3 is 5.97 Å². The van der Waals surface area contributed by atoms with Crippen molar-refractivity contribution < 1.29 is 19.1 Å². The van der Waals surface area contributed by atoms with E-state index < -0.39 is 17.7 Å². The lowest BCUT2D eigenvalue weighted by molar-refractivity contribution is -0.131. The van der Waals surface area contributed by atoms with Gasteiger partial charge in [-0.1, -0.05) is 6.07 Å². The van der Waals surface area contributed by atoms with Crippen molar-refractivity contribution in [3.05, 3.63) is 41.2 Å². The maximum absolute atomic E-state index is 14.0. The molecule has 0 radical (unpaired) electrons. The first-order valence-corrected chi connectivity index (χ1v) is 6.82. The van der Waals surface area contributed by atoms with E-state index in [1.54, 1.807) is 0 Å². The topological polar surface area (TPSA) is 66.4 Å². The van der Waals surface area contributed by atoms with Crippen molar-refractivity contribution in [1.29, 1.82) is 0 Å². The summed E-state index contributed by atoms with van der Waals surface area (Å²) in [7, 11) is 0. The molecule has 0 aromatic heterocycles. The molecule has 1 aliphatic carbocycles. The average molecular weight is 291 g/mol. The third kappa shape index (κ3) is 3.90. The molecule has 1 saturated carbocycles. The highest BCUT2D eigenvalue weighted by Crippen LogP contribution is 2.39. The fraction of sp³-hybridized carbons (Fsp3) is 0.375. The van der Waals surface area contributed by atoms with Gasteiger partial charge in [0.2, 0.25) is 0 Å². The summed E-state index contributed by atoms with van der Waals surface area (Å²) in [5, 5.41) is 11.4. The lowest BCUT2D eigenvalue weighted by atomic mass is 9.98. The number of nitrogens with one attached hydrogen (secondary N) is 1. The highest BCUT2D eigenvalue weighted by atomic mass is 19.1. The predicted octanol–water partition coefficient (Wildman–Crippen LogP) is 2.84. The molecule has 0 heterocycles. The van der Waals surface area contributed by atoms with E-state index in [1.807, 2.05) is 13.8 Å². The second-order valence-corrected chi connectivity index (χ2v) is 5.86. The minimum absolute atomic E-state index is 0.0313. The van der Waals surface area contributed by atoms with E-state index in [1.165, 1.54) is 18.2 Å². The lowest BCUT2D eigenvalue weighted by Gasteiger charge is -2.26. The SMILES string of the molecule is CC(C)(NC(=O)c1ccc(/C=C/C(=O)O)cc1F)C1CC1. The molecule has 0 atom stereocenters. The zero-order valence-corrected chi connectivity index (χ0v) is 12.0. The van der Waals surface area contributed by atoms with Crippen LogP contribution in [-0.2, 0) is 4.79 Å². The van der Waals surface area contributed by atoms with Crippen LogP contribution in [0.4, 0.5) is 4.39 Å². The Morgan fingerprint density at radius 1 is 1.38 bits per heavy atom. The molecule has 112 valence electrons. The van der Waals surface area contributed by atoms with Gasteiger partial charge < -0.3 is 10.4 Å². The molecular formula is C16H18FNO3. The normalized spacial score (nSPS) is 15.2. The maximum Gasteiger partial charge on any atom is 0.328 e. The number of benzene rings is 1. The van der Waals surface area contributed by atoms with Crippen LogP contribution in [-0.4, -0.2) is 22.5 Å². The standard InChI is InChI=1S/C16H18FNO3/c1-16(2,11-5-6-11)18-15(21)12-7-3-10(9-13(12)17)4-8-14(19)20/h3-4,7-9,11H,5-6H2,1-2H3,(H,18,21)(H,19,20)/b8-4+. The Morgan fingerprint density at radius 3 is 2.57 bits per heavy atom. The van der Waals surface area contributed by atoms with Crippen molar-refractivity contribution >= 4 is 18.0 Å². The molecule has 1 aromatic rings. The number of carbonyl (C=O) groups excluding carboxylic acids is 1. The maximum atomic E-state index is 14.0. The number of amides is 1. The second kappa shape index (κ2) is 5.68. The molecule has 0 spiro atoms. The third-order valence-corrected chi connectivity index (χ3v) is 3.69. The monoisotopic (exact) mass is 291 g/mol. The molecule has 1 fully saturated rings. The van der Waals surface area contributed by atoms with Gasteiger partial charge in [0.05, 0.1) is 5.56 Å². The minimum atomic E-state index is -1.11. The number of carboxylic acid groups (broad SMARTS) is 1. The van der Waals surface area contributed by atoms with Crippen molar-refractivity contribution in [2.45, 2.75) is 32.2 Å². The Labute approximate surface area is 122 Å². The van der Waals surface area contributed by atoms with Crippen LogP contribution in [0.5, 0.6) is 0 Å². The molecule has 2 rings (SSSR count). The van der Waals surface area contributed by atoms with Gasteiger partial charge in [0, 0.05) is 11.6 Å². The van der Waals surface area contributed by atoms with Crippen molar-refractivity contribution in [3.63, 3.8) is 0 Å². The van der Waals surface area contributed by atoms with Crippen LogP contribution in [0.25, 0.3) is 6.08 Å². The van der Waals surface area contributed by atoms with Gasteiger partial charge in [-0.05, 0) is 56.4 Å². The second-order valence-electron chi connectivity index (χ2n) is 5.86. The van der Waals surface area contributed by atoms with Crippen LogP contribution in [0, 0.1) is 11.7 Å². The highest BCUT2D eigenvalue weighted by molar-refractivity contribution is 5.95. The number of hydrogen-bond acceptors (Lipinski definition) is 2. The molecule has 1 amide bonds. The number of hydrogen-bond donors (Lipinski definition) is 2. The lowest BCUT2D eigenvalue weighted by Crippen LogP contribution is -2.45. The van der Waals surface area contributed by atoms with Crippen molar-refractivity contribution in [1.82, 2.24) is 5.32 Å². The summed E-state index contributed by atoms with van der Waals surface area (Å²) >= 11 is 0. The number of carbonyl (C=O) groups is 2. The van der Waals surface area contributed by atoms with Gasteiger partial charge in [-0.25, -0.2) is 9.18 Å². The Kier molecular flexibility index (Phi) is 4.11. The van der Waals surface area contributed by atoms with E-state index in [0.717, 1.165) is 25.0 Å². The minimum Gasteiger partial charge on any atom is -0.478 e. The summed E-state index contributed by atoms with van der Waals surface area (Å²) in [6, 6.07) is 4.04. The predicted molar refractivity (Wildman–Crippen MR) is 77.3 cm³/mol. The van der Waals surface area contributed by atoms with E-state index in [-0.39, 0.29) is 11.1 Å². The molecule has 0 saturated heterocycles. The van der Waals surface area contributed by atoms with Gasteiger partial charge in [0.1, 0.15) is 5.82 Å². The van der Waals surface area contributed by atoms with E-state index in [4.69, 9.17) is 5.11 Å². The molecule has 1 aliphatic rings. The van der Waals surface area contributed by atoms with E-state index in [9.17, 15) is 14.0 Å². The van der Waals surface area contributed by atoms with E-state index in [2.05, 4.69) is 5.32 Å². The Hall–Kier alpha value is -2.17. The fourth-order valence-corrected chi connectivity index (χ4v) is 2.25. The van der Waals surface area contributed by atoms with Gasteiger partial charge in [-0.15, -0.1) is 0 Å². The van der Waals surface area contributed by atoms with Crippen molar-refractivity contribution in [3.8, 4) is 0 Å². The summed E-state index contributed by atoms with van der Waals surface area (Å²) in [6.07, 6.45) is 4.36. The van der Waals surface area contributed by atoms with Crippen LogP contribution in [0.1, 0.15) is 42.6 Å². The smallest absolute Gasteiger partial charge is 0.328 e. The van der Waals surface area contributed by atoms with Gasteiger partial charge in [0.25, 0.3) is 5.91 Å². The Morgan fingerprint density at radius 2 is 2.05 bits per heavy atom. The zero-order valence-electron chi connectivity index (χ0n) is 12.0. The van der Waals surface area contributed by atoms with Crippen molar-refractivity contribution in [2.75, 3.05) is 0 Å². The molecule has 2 N–H and O–H groups in total. The molecule has 4 nitrogen and oxygen atoms in total. The van der Waals surface area contributed by atoms with E-state index in [0.29, 0.717) is 11.5 Å². The largest absolute Gasteiger partial charge is 0.478 e. The summed E-state index contributed by atoms with van der Waals surface area (Å²) in [6.45, 7) is 3.87. The first-order valence-electron chi connectivity index (χ1n) is 6.82. The summed E-state index contributed by atoms with van der Waals surface area (Å²) in [5.74, 6) is -1.77. The summed E-state index contributed by atoms with van der Waals surface area (Å²) in [5.41, 5.74) is 0.0231. The van der Waals surface area contributed by atoms with Gasteiger partial charge in [0.15, 0.2) is 0 Å². The molecule has 0 unspecified atom stereocenters. The first-order chi connectivity index (χ1) is 9.79. The summed E-state index contributed by atoms with van der Waals surface area (Å²) in [4.78, 5) is 22.5. The first kappa shape index (κ1) is 15.2. The van der Waals surface area contributed by atoms with Crippen LogP contribution >= 0.6 is 0 Å². The molecule has 1 aromatic carbocycles. The van der Waals surface area contributed by atoms with Crippen LogP contribution in [0.2, 0.25) is 0 Å². The number of rotatable bonds is 5. The number of carboxylic acids is 1. The highest BCUT2D eigenvalue weighted by Gasteiger charge is 2.39. The van der Waals surface area contributed by atoms with Crippen molar-refractivity contribution in [2.24, 2.45) is 5.92 Å². The van der Waals surface area contributed by atoms with Crippen LogP contribution in [0.15, 0.2) is 24.3 Å². The van der Waals surface area contributed by atoms with Crippen LogP contribution < -0.4 is 5.32 Å². The fourth-order valence-electron chi connectivity index (χ4n) is 2.25. The average Bonchev–Trinajstić information content (AvgIpc) is 3.20. The molecule has 0 bridgehead atoms. The molecule has 5 heteroatoms. The zero-order chi connectivity index (χ0) is 15.6. The van der Waals surface area contributed by atoms with Gasteiger partial charge in [-0.3, -0.25) is 4.79 Å². The number of aliphatic carboxylic acids is 1. The Balaban J connectivity index is 2.13. The quantitative estimate of drug-likeness (QED) is 0.820. The molecule has 0 aliphatic heterocycles. The summed E-state index contributed by atoms with van der Waals surface area (Å²) < 4.78 is 14.0. The number of halogens is 1. The Bertz CT molecular complexity index is 604. The third-order valence-electron chi connectivity index (χ3n) is 3.69. The van der Waals surface area contributed by atoms with Gasteiger partial charge in [-0.2, -0.15) is 0 Å². The van der Waals surface area contributed by atoms with E-state index >= 15 is 0 Å². The molecular weight excluding hydrogens is 273 g/mol. The van der Waals surface area contributed by atoms with Crippen LogP contribution in [0.3, 0.4) is 0 Å². The molecule has 21 heavy (non-hydrogen) atoms.